The smallest absolute Gasteiger partial charge is 0.414 e. The van der Waals surface area contributed by atoms with Gasteiger partial charge in [0, 0.05) is 0 Å². The van der Waals surface area contributed by atoms with Gasteiger partial charge in [0.2, 0.25) is 0 Å². The first kappa shape index (κ1) is 17.3. The van der Waals surface area contributed by atoms with E-state index in [4.69, 9.17) is 10.2 Å². The van der Waals surface area contributed by atoms with E-state index < -0.39 is 23.7 Å². The van der Waals surface area contributed by atoms with Crippen LogP contribution in [-0.2, 0) is 4.79 Å². The Hall–Kier alpha value is -0.780. The van der Waals surface area contributed by atoms with Crippen molar-refractivity contribution in [2.24, 2.45) is 17.3 Å². The Kier molecular flexibility index (Phi) is 5.46. The SMILES string of the molecule is CC(C)(CC1CCC(CC(O)C(F)(F)F)CC1)C(=O)O. The molecule has 0 amide bonds. The number of carboxylic acid groups (broad SMARTS) is 1. The summed E-state index contributed by atoms with van der Waals surface area (Å²) in [5.41, 5.74) is -0.789. The number of halogens is 3. The maximum atomic E-state index is 12.3. The van der Waals surface area contributed by atoms with E-state index in [0.717, 1.165) is 12.8 Å². The second kappa shape index (κ2) is 6.33. The minimum Gasteiger partial charge on any atom is -0.481 e. The van der Waals surface area contributed by atoms with Crippen LogP contribution in [0.15, 0.2) is 0 Å². The van der Waals surface area contributed by atoms with Crippen molar-refractivity contribution in [1.29, 1.82) is 0 Å². The van der Waals surface area contributed by atoms with Crippen molar-refractivity contribution >= 4 is 5.97 Å². The third-order valence-electron chi connectivity index (χ3n) is 4.28. The van der Waals surface area contributed by atoms with Crippen molar-refractivity contribution in [1.82, 2.24) is 0 Å². The summed E-state index contributed by atoms with van der Waals surface area (Å²) < 4.78 is 36.8. The summed E-state index contributed by atoms with van der Waals surface area (Å²) in [6.45, 7) is 3.35. The molecule has 0 spiro atoms. The second-order valence-electron chi connectivity index (χ2n) is 6.57. The summed E-state index contributed by atoms with van der Waals surface area (Å²) in [5.74, 6) is -0.705. The van der Waals surface area contributed by atoms with Crippen LogP contribution in [0.4, 0.5) is 13.2 Å². The fraction of sp³-hybridized carbons (Fsp3) is 0.929. The van der Waals surface area contributed by atoms with Crippen molar-refractivity contribution in [2.75, 3.05) is 0 Å². The summed E-state index contributed by atoms with van der Waals surface area (Å²) >= 11 is 0. The van der Waals surface area contributed by atoms with Gasteiger partial charge in [-0.15, -0.1) is 0 Å². The van der Waals surface area contributed by atoms with Crippen LogP contribution in [0.3, 0.4) is 0 Å². The van der Waals surface area contributed by atoms with Gasteiger partial charge in [-0.2, -0.15) is 13.2 Å². The van der Waals surface area contributed by atoms with Gasteiger partial charge in [0.1, 0.15) is 6.10 Å². The molecule has 0 bridgehead atoms. The molecule has 0 aromatic rings. The summed E-state index contributed by atoms with van der Waals surface area (Å²) in [5, 5.41) is 18.1. The quantitative estimate of drug-likeness (QED) is 0.815. The fourth-order valence-electron chi connectivity index (χ4n) is 2.93. The lowest BCUT2D eigenvalue weighted by Crippen LogP contribution is -2.33. The van der Waals surface area contributed by atoms with Gasteiger partial charge in [-0.05, 0) is 38.5 Å². The summed E-state index contributed by atoms with van der Waals surface area (Å²) in [4.78, 5) is 11.1. The lowest BCUT2D eigenvalue weighted by molar-refractivity contribution is -0.209. The van der Waals surface area contributed by atoms with Crippen LogP contribution in [0, 0.1) is 17.3 Å². The molecular weight excluding hydrogens is 273 g/mol. The van der Waals surface area contributed by atoms with Crippen molar-refractivity contribution < 1.29 is 28.2 Å². The van der Waals surface area contributed by atoms with E-state index in [1.807, 2.05) is 0 Å². The topological polar surface area (TPSA) is 57.5 Å². The predicted octanol–water partition coefficient (Wildman–Crippen LogP) is 3.61. The zero-order chi connectivity index (χ0) is 15.6. The lowest BCUT2D eigenvalue weighted by atomic mass is 9.73. The molecule has 20 heavy (non-hydrogen) atoms. The van der Waals surface area contributed by atoms with Crippen LogP contribution < -0.4 is 0 Å². The number of aliphatic carboxylic acids is 1. The highest BCUT2D eigenvalue weighted by molar-refractivity contribution is 5.73. The first-order chi connectivity index (χ1) is 9.02. The van der Waals surface area contributed by atoms with E-state index in [1.54, 1.807) is 13.8 Å². The lowest BCUT2D eigenvalue weighted by Gasteiger charge is -2.33. The van der Waals surface area contributed by atoms with E-state index in [-0.39, 0.29) is 18.3 Å². The van der Waals surface area contributed by atoms with Gasteiger partial charge in [-0.25, -0.2) is 0 Å². The highest BCUT2D eigenvalue weighted by Gasteiger charge is 2.40. The van der Waals surface area contributed by atoms with Crippen LogP contribution in [0.1, 0.15) is 52.4 Å². The Morgan fingerprint density at radius 2 is 1.60 bits per heavy atom. The normalized spacial score (nSPS) is 26.3. The standard InChI is InChI=1S/C14H23F3O3/c1-13(2,12(19)20)8-10-5-3-9(4-6-10)7-11(18)14(15,16)17/h9-11,18H,3-8H2,1-2H3,(H,19,20). The van der Waals surface area contributed by atoms with Crippen molar-refractivity contribution in [3.8, 4) is 0 Å². The Morgan fingerprint density at radius 1 is 1.15 bits per heavy atom. The van der Waals surface area contributed by atoms with Crippen LogP contribution in [0.2, 0.25) is 0 Å². The molecular formula is C14H23F3O3. The summed E-state index contributed by atoms with van der Waals surface area (Å²) in [6, 6.07) is 0. The van der Waals surface area contributed by atoms with Crippen LogP contribution >= 0.6 is 0 Å². The monoisotopic (exact) mass is 296 g/mol. The molecule has 1 unspecified atom stereocenters. The van der Waals surface area contributed by atoms with E-state index in [0.29, 0.717) is 19.3 Å². The molecule has 118 valence electrons. The predicted molar refractivity (Wildman–Crippen MR) is 68.2 cm³/mol. The maximum absolute atomic E-state index is 12.3. The van der Waals surface area contributed by atoms with Crippen molar-refractivity contribution in [3.63, 3.8) is 0 Å². The van der Waals surface area contributed by atoms with Crippen molar-refractivity contribution in [3.05, 3.63) is 0 Å². The van der Waals surface area contributed by atoms with Gasteiger partial charge < -0.3 is 10.2 Å². The van der Waals surface area contributed by atoms with Gasteiger partial charge in [-0.3, -0.25) is 4.79 Å². The molecule has 0 heterocycles. The van der Waals surface area contributed by atoms with Crippen LogP contribution in [-0.4, -0.2) is 28.5 Å². The first-order valence-corrected chi connectivity index (χ1v) is 7.00. The number of hydrogen-bond donors (Lipinski definition) is 2. The average molecular weight is 296 g/mol. The molecule has 3 nitrogen and oxygen atoms in total. The third-order valence-corrected chi connectivity index (χ3v) is 4.28. The molecule has 0 aromatic heterocycles. The number of aliphatic hydroxyl groups is 1. The molecule has 1 aliphatic rings. The summed E-state index contributed by atoms with van der Waals surface area (Å²) in [7, 11) is 0. The van der Waals surface area contributed by atoms with Gasteiger partial charge in [0.25, 0.3) is 0 Å². The molecule has 0 aliphatic heterocycles. The van der Waals surface area contributed by atoms with E-state index in [1.165, 1.54) is 0 Å². The number of aliphatic hydroxyl groups excluding tert-OH is 1. The molecule has 2 N–H and O–H groups in total. The highest BCUT2D eigenvalue weighted by atomic mass is 19.4. The molecule has 1 fully saturated rings. The Bertz CT molecular complexity index is 331. The zero-order valence-corrected chi connectivity index (χ0v) is 11.9. The fourth-order valence-corrected chi connectivity index (χ4v) is 2.93. The molecule has 0 saturated heterocycles. The van der Waals surface area contributed by atoms with E-state index in [9.17, 15) is 18.0 Å². The van der Waals surface area contributed by atoms with Gasteiger partial charge in [0.05, 0.1) is 5.41 Å². The largest absolute Gasteiger partial charge is 0.481 e. The maximum Gasteiger partial charge on any atom is 0.414 e. The number of carbonyl (C=O) groups is 1. The van der Waals surface area contributed by atoms with E-state index in [2.05, 4.69) is 0 Å². The number of rotatable bonds is 5. The van der Waals surface area contributed by atoms with Gasteiger partial charge in [-0.1, -0.05) is 25.7 Å². The first-order valence-electron chi connectivity index (χ1n) is 7.00. The Balaban J connectivity index is 2.39. The highest BCUT2D eigenvalue weighted by Crippen LogP contribution is 2.39. The van der Waals surface area contributed by atoms with Crippen LogP contribution in [0.5, 0.6) is 0 Å². The Morgan fingerprint density at radius 3 is 2.00 bits per heavy atom. The molecule has 1 saturated carbocycles. The molecule has 1 rings (SSSR count). The second-order valence-corrected chi connectivity index (χ2v) is 6.57. The minimum absolute atomic E-state index is 0.115. The molecule has 0 aromatic carbocycles. The zero-order valence-electron chi connectivity index (χ0n) is 11.9. The molecule has 6 heteroatoms. The molecule has 1 aliphatic carbocycles. The minimum atomic E-state index is -4.54. The third kappa shape index (κ3) is 4.96. The molecule has 0 radical (unpaired) electrons. The summed E-state index contributed by atoms with van der Waals surface area (Å²) in [6.07, 6.45) is -3.71. The Labute approximate surface area is 117 Å². The number of hydrogen-bond acceptors (Lipinski definition) is 2. The number of carboxylic acids is 1. The van der Waals surface area contributed by atoms with Gasteiger partial charge >= 0.3 is 12.1 Å². The van der Waals surface area contributed by atoms with Crippen molar-refractivity contribution in [2.45, 2.75) is 64.7 Å². The number of alkyl halides is 3. The van der Waals surface area contributed by atoms with E-state index >= 15 is 0 Å². The average Bonchev–Trinajstić information content (AvgIpc) is 2.29. The van der Waals surface area contributed by atoms with Gasteiger partial charge in [0.15, 0.2) is 0 Å². The molecule has 1 atom stereocenters. The van der Waals surface area contributed by atoms with Crippen LogP contribution in [0.25, 0.3) is 0 Å².